The van der Waals surface area contributed by atoms with E-state index in [-0.39, 0.29) is 0 Å². The molecule has 0 radical (unpaired) electrons. The zero-order valence-corrected chi connectivity index (χ0v) is 11.8. The van der Waals surface area contributed by atoms with Crippen molar-refractivity contribution in [2.75, 3.05) is 23.4 Å². The molecular formula is C12H21N3OS. The van der Waals surface area contributed by atoms with Crippen molar-refractivity contribution in [1.82, 2.24) is 9.97 Å². The molecule has 0 bridgehead atoms. The van der Waals surface area contributed by atoms with E-state index in [1.54, 1.807) is 0 Å². The molecule has 0 aliphatic carbocycles. The average Bonchev–Trinajstić information content (AvgIpc) is 2.28. The van der Waals surface area contributed by atoms with Gasteiger partial charge in [0.1, 0.15) is 0 Å². The minimum Gasteiger partial charge on any atom is -0.353 e. The van der Waals surface area contributed by atoms with E-state index in [1.807, 2.05) is 19.9 Å². The number of aromatic nitrogens is 2. The van der Waals surface area contributed by atoms with Gasteiger partial charge in [-0.25, -0.2) is 9.97 Å². The summed E-state index contributed by atoms with van der Waals surface area (Å²) in [5.74, 6) is 2.38. The molecule has 1 unspecified atom stereocenters. The maximum atomic E-state index is 11.3. The lowest BCUT2D eigenvalue weighted by Crippen LogP contribution is -2.14. The Morgan fingerprint density at radius 1 is 1.41 bits per heavy atom. The van der Waals surface area contributed by atoms with Crippen molar-refractivity contribution in [2.45, 2.75) is 33.6 Å². The van der Waals surface area contributed by atoms with E-state index in [9.17, 15) is 4.21 Å². The van der Waals surface area contributed by atoms with E-state index in [2.05, 4.69) is 29.1 Å². The van der Waals surface area contributed by atoms with E-state index in [0.29, 0.717) is 29.9 Å². The van der Waals surface area contributed by atoms with Gasteiger partial charge in [-0.05, 0) is 18.9 Å². The molecule has 0 saturated carbocycles. The third-order valence-electron chi connectivity index (χ3n) is 2.40. The molecule has 1 aromatic rings. The number of nitrogens with one attached hydrogen (secondary N) is 1. The second-order valence-electron chi connectivity index (χ2n) is 4.27. The maximum Gasteiger partial charge on any atom is 0.223 e. The quantitative estimate of drug-likeness (QED) is 0.845. The molecule has 0 fully saturated rings. The molecular weight excluding hydrogens is 234 g/mol. The van der Waals surface area contributed by atoms with E-state index >= 15 is 0 Å². The van der Waals surface area contributed by atoms with Gasteiger partial charge in [0.15, 0.2) is 0 Å². The summed E-state index contributed by atoms with van der Waals surface area (Å²) < 4.78 is 11.3. The Morgan fingerprint density at radius 2 is 2.12 bits per heavy atom. The monoisotopic (exact) mass is 255 g/mol. The molecule has 0 aliphatic heterocycles. The van der Waals surface area contributed by atoms with Gasteiger partial charge in [-0.3, -0.25) is 4.21 Å². The molecule has 0 aliphatic rings. The Hall–Kier alpha value is -0.970. The highest BCUT2D eigenvalue weighted by Crippen LogP contribution is 2.14. The highest BCUT2D eigenvalue weighted by molar-refractivity contribution is 7.84. The fourth-order valence-electron chi connectivity index (χ4n) is 1.39. The Morgan fingerprint density at radius 3 is 2.71 bits per heavy atom. The summed E-state index contributed by atoms with van der Waals surface area (Å²) in [4.78, 5) is 8.75. The fourth-order valence-corrected chi connectivity index (χ4v) is 2.01. The van der Waals surface area contributed by atoms with Crippen molar-refractivity contribution in [1.29, 1.82) is 0 Å². The molecule has 0 aromatic carbocycles. The van der Waals surface area contributed by atoms with Crippen molar-refractivity contribution in [3.05, 3.63) is 17.5 Å². The van der Waals surface area contributed by atoms with Gasteiger partial charge >= 0.3 is 0 Å². The molecule has 4 nitrogen and oxygen atoms in total. The van der Waals surface area contributed by atoms with Crippen LogP contribution in [0.4, 0.5) is 5.95 Å². The van der Waals surface area contributed by atoms with Gasteiger partial charge in [0.2, 0.25) is 5.95 Å². The summed E-state index contributed by atoms with van der Waals surface area (Å²) in [6.07, 6.45) is 0. The minimum atomic E-state index is -0.738. The van der Waals surface area contributed by atoms with Gasteiger partial charge in [0.25, 0.3) is 0 Å². The minimum absolute atomic E-state index is 0.391. The van der Waals surface area contributed by atoms with Crippen LogP contribution in [0, 0.1) is 6.92 Å². The molecule has 1 N–H and O–H groups in total. The summed E-state index contributed by atoms with van der Waals surface area (Å²) in [6, 6.07) is 2.00. The first-order chi connectivity index (χ1) is 8.02. The molecule has 5 heteroatoms. The fraction of sp³-hybridized carbons (Fsp3) is 0.667. The third kappa shape index (κ3) is 4.81. The molecule has 1 atom stereocenters. The van der Waals surface area contributed by atoms with Crippen molar-refractivity contribution >= 4 is 16.7 Å². The number of anilines is 1. The molecule has 17 heavy (non-hydrogen) atoms. The maximum absolute atomic E-state index is 11.3. The SMILES string of the molecule is CCS(=O)CCNc1nc(C)cc(C(C)C)n1. The van der Waals surface area contributed by atoms with Crippen LogP contribution >= 0.6 is 0 Å². The smallest absolute Gasteiger partial charge is 0.223 e. The lowest BCUT2D eigenvalue weighted by atomic mass is 10.1. The summed E-state index contributed by atoms with van der Waals surface area (Å²) in [5.41, 5.74) is 2.00. The summed E-state index contributed by atoms with van der Waals surface area (Å²) >= 11 is 0. The number of hydrogen-bond donors (Lipinski definition) is 1. The van der Waals surface area contributed by atoms with Gasteiger partial charge < -0.3 is 5.32 Å². The van der Waals surface area contributed by atoms with Crippen molar-refractivity contribution in [2.24, 2.45) is 0 Å². The van der Waals surface area contributed by atoms with E-state index in [0.717, 1.165) is 11.4 Å². The van der Waals surface area contributed by atoms with Crippen LogP contribution in [0.3, 0.4) is 0 Å². The Bertz CT molecular complexity index is 393. The number of aryl methyl sites for hydroxylation is 1. The zero-order valence-electron chi connectivity index (χ0n) is 11.0. The highest BCUT2D eigenvalue weighted by Gasteiger charge is 2.05. The summed E-state index contributed by atoms with van der Waals surface area (Å²) in [6.45, 7) is 8.76. The van der Waals surface area contributed by atoms with Gasteiger partial charge in [0.05, 0.1) is 0 Å². The zero-order chi connectivity index (χ0) is 12.8. The Balaban J connectivity index is 2.62. The number of rotatable bonds is 6. The standard InChI is InChI=1S/C12H21N3OS/c1-5-17(16)7-6-13-12-14-10(4)8-11(15-12)9(2)3/h8-9H,5-7H2,1-4H3,(H,13,14,15). The second kappa shape index (κ2) is 6.69. The topological polar surface area (TPSA) is 54.9 Å². The lowest BCUT2D eigenvalue weighted by molar-refractivity contribution is 0.684. The van der Waals surface area contributed by atoms with E-state index in [1.165, 1.54) is 0 Å². The van der Waals surface area contributed by atoms with E-state index in [4.69, 9.17) is 0 Å². The van der Waals surface area contributed by atoms with E-state index < -0.39 is 10.8 Å². The van der Waals surface area contributed by atoms with Crippen LogP contribution in [-0.4, -0.2) is 32.2 Å². The van der Waals surface area contributed by atoms with Crippen LogP contribution in [0.1, 0.15) is 38.1 Å². The molecule has 0 spiro atoms. The first-order valence-corrected chi connectivity index (χ1v) is 7.46. The van der Waals surface area contributed by atoms with Gasteiger partial charge in [-0.1, -0.05) is 20.8 Å². The van der Waals surface area contributed by atoms with Crippen LogP contribution in [0.5, 0.6) is 0 Å². The van der Waals surface area contributed by atoms with Crippen molar-refractivity contribution < 1.29 is 4.21 Å². The number of hydrogen-bond acceptors (Lipinski definition) is 4. The lowest BCUT2D eigenvalue weighted by Gasteiger charge is -2.09. The summed E-state index contributed by atoms with van der Waals surface area (Å²) in [7, 11) is -0.738. The molecule has 0 saturated heterocycles. The summed E-state index contributed by atoms with van der Waals surface area (Å²) in [5, 5.41) is 3.13. The normalized spacial score (nSPS) is 12.8. The van der Waals surface area contributed by atoms with Gasteiger partial charge in [-0.15, -0.1) is 0 Å². The molecule has 96 valence electrons. The molecule has 1 rings (SSSR count). The molecule has 1 heterocycles. The van der Waals surface area contributed by atoms with Crippen LogP contribution < -0.4 is 5.32 Å². The Labute approximate surface area is 106 Å². The van der Waals surface area contributed by atoms with Crippen LogP contribution in [0.2, 0.25) is 0 Å². The Kier molecular flexibility index (Phi) is 5.55. The third-order valence-corrected chi connectivity index (χ3v) is 3.70. The molecule has 1 aromatic heterocycles. The average molecular weight is 255 g/mol. The molecule has 0 amide bonds. The highest BCUT2D eigenvalue weighted by atomic mass is 32.2. The van der Waals surface area contributed by atoms with Crippen molar-refractivity contribution in [3.8, 4) is 0 Å². The van der Waals surface area contributed by atoms with Gasteiger partial charge in [0, 0.05) is 40.2 Å². The largest absolute Gasteiger partial charge is 0.353 e. The first-order valence-electron chi connectivity index (χ1n) is 5.97. The second-order valence-corrected chi connectivity index (χ2v) is 6.14. The van der Waals surface area contributed by atoms with Crippen molar-refractivity contribution in [3.63, 3.8) is 0 Å². The first kappa shape index (κ1) is 14.1. The van der Waals surface area contributed by atoms with Crippen LogP contribution in [-0.2, 0) is 10.8 Å². The predicted molar refractivity (Wildman–Crippen MR) is 72.9 cm³/mol. The number of nitrogens with zero attached hydrogens (tertiary/aromatic N) is 2. The van der Waals surface area contributed by atoms with Gasteiger partial charge in [-0.2, -0.15) is 0 Å². The van der Waals surface area contributed by atoms with Crippen LogP contribution in [0.25, 0.3) is 0 Å². The predicted octanol–water partition coefficient (Wildman–Crippen LogP) is 2.09. The van der Waals surface area contributed by atoms with Crippen LogP contribution in [0.15, 0.2) is 6.07 Å².